The van der Waals surface area contributed by atoms with Crippen molar-refractivity contribution in [3.05, 3.63) is 51.7 Å². The van der Waals surface area contributed by atoms with Crippen LogP contribution in [0.1, 0.15) is 27.8 Å². The summed E-state index contributed by atoms with van der Waals surface area (Å²) in [5, 5.41) is 2.10. The number of thiophene rings is 1. The fourth-order valence-electron chi connectivity index (χ4n) is 1.74. The van der Waals surface area contributed by atoms with Crippen LogP contribution >= 0.6 is 27.3 Å². The molecular weight excluding hydrogens is 296 g/mol. The van der Waals surface area contributed by atoms with Crippen molar-refractivity contribution < 1.29 is 4.74 Å². The molecular formula is C14H15BrOS. The first-order chi connectivity index (χ1) is 8.22. The van der Waals surface area contributed by atoms with Gasteiger partial charge in [0.2, 0.25) is 0 Å². The average molecular weight is 311 g/mol. The Balaban J connectivity index is 2.38. The van der Waals surface area contributed by atoms with E-state index >= 15 is 0 Å². The minimum Gasteiger partial charge on any atom is -0.494 e. The van der Waals surface area contributed by atoms with E-state index in [1.807, 2.05) is 6.92 Å². The molecule has 1 unspecified atom stereocenters. The number of halogens is 1. The van der Waals surface area contributed by atoms with Gasteiger partial charge in [0.25, 0.3) is 0 Å². The SMILES string of the molecule is CCOc1ccc(C)cc1C(Br)c1cccs1. The van der Waals surface area contributed by atoms with Gasteiger partial charge in [-0.1, -0.05) is 39.7 Å². The monoisotopic (exact) mass is 310 g/mol. The van der Waals surface area contributed by atoms with Crippen LogP contribution in [0.4, 0.5) is 0 Å². The van der Waals surface area contributed by atoms with E-state index in [2.05, 4.69) is 58.6 Å². The number of alkyl halides is 1. The Morgan fingerprint density at radius 1 is 1.35 bits per heavy atom. The molecule has 0 saturated heterocycles. The van der Waals surface area contributed by atoms with Gasteiger partial charge >= 0.3 is 0 Å². The molecule has 2 aromatic rings. The Bertz CT molecular complexity index is 479. The van der Waals surface area contributed by atoms with Gasteiger partial charge < -0.3 is 4.74 Å². The molecule has 0 aliphatic carbocycles. The molecule has 1 aromatic heterocycles. The Morgan fingerprint density at radius 2 is 2.18 bits per heavy atom. The zero-order valence-electron chi connectivity index (χ0n) is 9.94. The van der Waals surface area contributed by atoms with E-state index in [1.165, 1.54) is 16.0 Å². The lowest BCUT2D eigenvalue weighted by molar-refractivity contribution is 0.337. The standard InChI is InChI=1S/C14H15BrOS/c1-3-16-12-7-6-10(2)9-11(12)14(15)13-5-4-8-17-13/h4-9,14H,3H2,1-2H3. The lowest BCUT2D eigenvalue weighted by Crippen LogP contribution is -1.99. The molecule has 0 spiro atoms. The van der Waals surface area contributed by atoms with E-state index in [0.717, 1.165) is 5.75 Å². The van der Waals surface area contributed by atoms with Gasteiger partial charge in [0.1, 0.15) is 5.75 Å². The first kappa shape index (κ1) is 12.7. The molecule has 2 rings (SSSR count). The van der Waals surface area contributed by atoms with E-state index in [1.54, 1.807) is 11.3 Å². The highest BCUT2D eigenvalue weighted by molar-refractivity contribution is 9.09. The number of hydrogen-bond acceptors (Lipinski definition) is 2. The first-order valence-corrected chi connectivity index (χ1v) is 7.42. The van der Waals surface area contributed by atoms with Gasteiger partial charge in [0.15, 0.2) is 0 Å². The van der Waals surface area contributed by atoms with Crippen molar-refractivity contribution in [2.45, 2.75) is 18.7 Å². The maximum atomic E-state index is 5.69. The predicted molar refractivity (Wildman–Crippen MR) is 77.4 cm³/mol. The Labute approximate surface area is 115 Å². The largest absolute Gasteiger partial charge is 0.494 e. The van der Waals surface area contributed by atoms with E-state index in [0.29, 0.717) is 6.61 Å². The molecule has 17 heavy (non-hydrogen) atoms. The summed E-state index contributed by atoms with van der Waals surface area (Å²) in [4.78, 5) is 1.51. The number of rotatable bonds is 4. The molecule has 3 heteroatoms. The Morgan fingerprint density at radius 3 is 2.82 bits per heavy atom. The van der Waals surface area contributed by atoms with Crippen molar-refractivity contribution in [3.63, 3.8) is 0 Å². The van der Waals surface area contributed by atoms with Crippen LogP contribution in [-0.2, 0) is 0 Å². The molecule has 0 aliphatic rings. The van der Waals surface area contributed by atoms with Crippen LogP contribution in [-0.4, -0.2) is 6.61 Å². The van der Waals surface area contributed by atoms with Crippen LogP contribution in [0.3, 0.4) is 0 Å². The van der Waals surface area contributed by atoms with Gasteiger partial charge in [-0.05, 0) is 31.4 Å². The third-order valence-corrected chi connectivity index (χ3v) is 4.76. The quantitative estimate of drug-likeness (QED) is 0.727. The van der Waals surface area contributed by atoms with E-state index < -0.39 is 0 Å². The summed E-state index contributed by atoms with van der Waals surface area (Å²) in [5.41, 5.74) is 2.46. The molecule has 1 nitrogen and oxygen atoms in total. The maximum absolute atomic E-state index is 5.69. The summed E-state index contributed by atoms with van der Waals surface area (Å²) in [5.74, 6) is 0.966. The fraction of sp³-hybridized carbons (Fsp3) is 0.286. The van der Waals surface area contributed by atoms with Crippen molar-refractivity contribution in [2.24, 2.45) is 0 Å². The van der Waals surface area contributed by atoms with Gasteiger partial charge in [-0.15, -0.1) is 11.3 Å². The van der Waals surface area contributed by atoms with Crippen molar-refractivity contribution in [2.75, 3.05) is 6.61 Å². The van der Waals surface area contributed by atoms with E-state index in [9.17, 15) is 0 Å². The molecule has 1 atom stereocenters. The first-order valence-electron chi connectivity index (χ1n) is 5.63. The Kier molecular flexibility index (Phi) is 4.24. The molecule has 0 saturated carbocycles. The van der Waals surface area contributed by atoms with Gasteiger partial charge in [0.05, 0.1) is 11.4 Å². The molecule has 1 heterocycles. The predicted octanol–water partition coefficient (Wildman–Crippen LogP) is 4.94. The van der Waals surface area contributed by atoms with Crippen LogP contribution in [0.15, 0.2) is 35.7 Å². The smallest absolute Gasteiger partial charge is 0.123 e. The molecule has 1 aromatic carbocycles. The number of benzene rings is 1. The second-order valence-electron chi connectivity index (χ2n) is 3.85. The van der Waals surface area contributed by atoms with Crippen molar-refractivity contribution in [3.8, 4) is 5.75 Å². The van der Waals surface area contributed by atoms with Crippen LogP contribution in [0.5, 0.6) is 5.75 Å². The van der Waals surface area contributed by atoms with Gasteiger partial charge in [-0.3, -0.25) is 0 Å². The maximum Gasteiger partial charge on any atom is 0.123 e. The van der Waals surface area contributed by atoms with Gasteiger partial charge in [-0.2, -0.15) is 0 Å². The summed E-state index contributed by atoms with van der Waals surface area (Å²) in [7, 11) is 0. The van der Waals surface area contributed by atoms with E-state index in [-0.39, 0.29) is 4.83 Å². The van der Waals surface area contributed by atoms with Crippen LogP contribution < -0.4 is 4.74 Å². The molecule has 0 aliphatic heterocycles. The van der Waals surface area contributed by atoms with E-state index in [4.69, 9.17) is 4.74 Å². The Hall–Kier alpha value is -0.800. The second-order valence-corrected chi connectivity index (χ2v) is 5.75. The third-order valence-electron chi connectivity index (χ3n) is 2.53. The molecule has 0 N–H and O–H groups in total. The van der Waals surface area contributed by atoms with Crippen molar-refractivity contribution in [1.82, 2.24) is 0 Å². The zero-order valence-corrected chi connectivity index (χ0v) is 12.3. The summed E-state index contributed by atoms with van der Waals surface area (Å²) in [6.45, 7) is 4.81. The highest BCUT2D eigenvalue weighted by Crippen LogP contribution is 2.39. The van der Waals surface area contributed by atoms with Crippen LogP contribution in [0, 0.1) is 6.92 Å². The fourth-order valence-corrected chi connectivity index (χ4v) is 3.29. The molecule has 0 fully saturated rings. The van der Waals surface area contributed by atoms with Crippen molar-refractivity contribution >= 4 is 27.3 Å². The van der Waals surface area contributed by atoms with Crippen LogP contribution in [0.25, 0.3) is 0 Å². The average Bonchev–Trinajstić information content (AvgIpc) is 2.84. The molecule has 0 amide bonds. The molecule has 0 radical (unpaired) electrons. The highest BCUT2D eigenvalue weighted by Gasteiger charge is 2.16. The number of aryl methyl sites for hydroxylation is 1. The second kappa shape index (κ2) is 5.69. The summed E-state index contributed by atoms with van der Waals surface area (Å²) in [6.07, 6.45) is 0. The van der Waals surface area contributed by atoms with Gasteiger partial charge in [0, 0.05) is 10.4 Å². The molecule has 0 bridgehead atoms. The number of ether oxygens (including phenoxy) is 1. The molecule has 90 valence electrons. The minimum atomic E-state index is 0.212. The lowest BCUT2D eigenvalue weighted by atomic mass is 10.1. The zero-order chi connectivity index (χ0) is 12.3. The normalized spacial score (nSPS) is 12.4. The van der Waals surface area contributed by atoms with Crippen molar-refractivity contribution in [1.29, 1.82) is 0 Å². The van der Waals surface area contributed by atoms with Gasteiger partial charge in [-0.25, -0.2) is 0 Å². The third kappa shape index (κ3) is 2.90. The summed E-state index contributed by atoms with van der Waals surface area (Å²) < 4.78 is 5.69. The highest BCUT2D eigenvalue weighted by atomic mass is 79.9. The lowest BCUT2D eigenvalue weighted by Gasteiger charge is -2.15. The van der Waals surface area contributed by atoms with Crippen LogP contribution in [0.2, 0.25) is 0 Å². The minimum absolute atomic E-state index is 0.212. The topological polar surface area (TPSA) is 9.23 Å². The number of hydrogen-bond donors (Lipinski definition) is 0. The summed E-state index contributed by atoms with van der Waals surface area (Å²) in [6, 6.07) is 10.5. The summed E-state index contributed by atoms with van der Waals surface area (Å²) >= 11 is 5.51.